The van der Waals surface area contributed by atoms with Crippen LogP contribution in [0, 0.1) is 0 Å². The highest BCUT2D eigenvalue weighted by Crippen LogP contribution is 2.05. The van der Waals surface area contributed by atoms with Crippen molar-refractivity contribution in [3.8, 4) is 0 Å². The van der Waals surface area contributed by atoms with E-state index < -0.39 is 0 Å². The van der Waals surface area contributed by atoms with Gasteiger partial charge < -0.3 is 10.9 Å². The van der Waals surface area contributed by atoms with Crippen molar-refractivity contribution >= 4 is 0 Å². The van der Waals surface area contributed by atoms with Gasteiger partial charge in [0, 0.05) is 6.20 Å². The molecule has 0 atom stereocenters. The summed E-state index contributed by atoms with van der Waals surface area (Å²) in [6, 6.07) is 0. The first-order valence-corrected chi connectivity index (χ1v) is 4.36. The summed E-state index contributed by atoms with van der Waals surface area (Å²) < 4.78 is 0. The van der Waals surface area contributed by atoms with Crippen LogP contribution in [0.2, 0.25) is 0 Å². The number of hydrogen-bond donors (Lipinski definition) is 2. The number of allylic oxidation sites excluding steroid dienone is 4. The highest BCUT2D eigenvalue weighted by molar-refractivity contribution is 5.31. The molecule has 0 aromatic rings. The molecule has 0 bridgehead atoms. The molecule has 1 aliphatic heterocycles. The molecule has 0 saturated heterocycles. The number of rotatable bonds is 1. The summed E-state index contributed by atoms with van der Waals surface area (Å²) in [6.07, 6.45) is 7.95. The molecule has 0 aromatic carbocycles. The average molecular weight is 166 g/mol. The van der Waals surface area contributed by atoms with Crippen LogP contribution in [0.15, 0.2) is 35.7 Å². The lowest BCUT2D eigenvalue weighted by Gasteiger charge is -2.13. The zero-order valence-corrected chi connectivity index (χ0v) is 8.31. The fourth-order valence-electron chi connectivity index (χ4n) is 0.814. The molecule has 0 aliphatic carbocycles. The quantitative estimate of drug-likeness (QED) is 0.625. The van der Waals surface area contributed by atoms with Crippen LogP contribution in [0.25, 0.3) is 0 Å². The second-order valence-electron chi connectivity index (χ2n) is 2.20. The van der Waals surface area contributed by atoms with Crippen molar-refractivity contribution in [2.45, 2.75) is 27.7 Å². The molecule has 2 heteroatoms. The van der Waals surface area contributed by atoms with E-state index >= 15 is 0 Å². The summed E-state index contributed by atoms with van der Waals surface area (Å²) in [7, 11) is 0. The zero-order valence-electron chi connectivity index (χ0n) is 8.31. The van der Waals surface area contributed by atoms with E-state index in [4.69, 9.17) is 0 Å². The fourth-order valence-corrected chi connectivity index (χ4v) is 0.814. The molecule has 2 N–H and O–H groups in total. The average Bonchev–Trinajstić information content (AvgIpc) is 2.13. The molecule has 68 valence electrons. The smallest absolute Gasteiger partial charge is 0.0566 e. The minimum atomic E-state index is 1.13. The van der Waals surface area contributed by atoms with E-state index in [-0.39, 0.29) is 0 Å². The molecule has 0 amide bonds. The van der Waals surface area contributed by atoms with E-state index in [0.29, 0.717) is 0 Å². The van der Waals surface area contributed by atoms with Gasteiger partial charge in [-0.1, -0.05) is 19.9 Å². The first kappa shape index (κ1) is 10.8. The fraction of sp³-hybridized carbons (Fsp3) is 0.400. The SMILES string of the molecule is C/C=C\C1=C(C)C=CNN1.CC. The third kappa shape index (κ3) is 3.28. The largest absolute Gasteiger partial charge is 0.308 e. The topological polar surface area (TPSA) is 24.1 Å². The third-order valence-electron chi connectivity index (χ3n) is 1.38. The standard InChI is InChI=1S/C8H12N2.C2H6/c1-3-4-8-7(2)5-6-9-10-8;1-2/h3-6,9-10H,1-2H3;1-2H3/b4-3-;. The number of hydrogen-bond acceptors (Lipinski definition) is 2. The van der Waals surface area contributed by atoms with Crippen molar-refractivity contribution < 1.29 is 0 Å². The summed E-state index contributed by atoms with van der Waals surface area (Å²) in [4.78, 5) is 0. The van der Waals surface area contributed by atoms with Crippen molar-refractivity contribution in [2.75, 3.05) is 0 Å². The van der Waals surface area contributed by atoms with Gasteiger partial charge in [-0.25, -0.2) is 0 Å². The summed E-state index contributed by atoms with van der Waals surface area (Å²) in [5.41, 5.74) is 8.31. The minimum absolute atomic E-state index is 1.13. The van der Waals surface area contributed by atoms with E-state index in [1.807, 2.05) is 45.2 Å². The second kappa shape index (κ2) is 6.53. The van der Waals surface area contributed by atoms with Gasteiger partial charge in [-0.05, 0) is 31.6 Å². The van der Waals surface area contributed by atoms with Crippen molar-refractivity contribution in [1.82, 2.24) is 10.9 Å². The summed E-state index contributed by atoms with van der Waals surface area (Å²) >= 11 is 0. The zero-order chi connectivity index (χ0) is 9.40. The first-order chi connectivity index (χ1) is 5.84. The van der Waals surface area contributed by atoms with Crippen LogP contribution in [0.4, 0.5) is 0 Å². The van der Waals surface area contributed by atoms with Gasteiger partial charge in [-0.2, -0.15) is 0 Å². The van der Waals surface area contributed by atoms with Gasteiger partial charge in [-0.15, -0.1) is 0 Å². The lowest BCUT2D eigenvalue weighted by Crippen LogP contribution is -2.28. The maximum absolute atomic E-state index is 3.03. The molecular formula is C10H18N2. The lowest BCUT2D eigenvalue weighted by molar-refractivity contribution is 0.726. The molecule has 0 saturated carbocycles. The number of hydrazine groups is 1. The van der Waals surface area contributed by atoms with E-state index in [1.165, 1.54) is 5.57 Å². The summed E-state index contributed by atoms with van der Waals surface area (Å²) in [6.45, 7) is 8.07. The van der Waals surface area contributed by atoms with Gasteiger partial charge in [0.15, 0.2) is 0 Å². The monoisotopic (exact) mass is 166 g/mol. The summed E-state index contributed by atoms with van der Waals surface area (Å²) in [5.74, 6) is 0. The molecule has 1 rings (SSSR count). The lowest BCUT2D eigenvalue weighted by atomic mass is 10.2. The molecule has 0 fully saturated rings. The number of nitrogens with one attached hydrogen (secondary N) is 2. The van der Waals surface area contributed by atoms with Crippen LogP contribution < -0.4 is 10.9 Å². The Labute approximate surface area is 75.0 Å². The summed E-state index contributed by atoms with van der Waals surface area (Å²) in [5, 5.41) is 0. The van der Waals surface area contributed by atoms with Crippen LogP contribution in [0.5, 0.6) is 0 Å². The predicted octanol–water partition coefficient (Wildman–Crippen LogP) is 2.48. The second-order valence-corrected chi connectivity index (χ2v) is 2.20. The van der Waals surface area contributed by atoms with E-state index in [1.54, 1.807) is 0 Å². The van der Waals surface area contributed by atoms with Gasteiger partial charge in [0.05, 0.1) is 5.70 Å². The van der Waals surface area contributed by atoms with Gasteiger partial charge >= 0.3 is 0 Å². The predicted molar refractivity (Wildman–Crippen MR) is 54.3 cm³/mol. The maximum Gasteiger partial charge on any atom is 0.0566 e. The molecule has 1 heterocycles. The Balaban J connectivity index is 0.000000561. The Morgan fingerprint density at radius 2 is 2.00 bits per heavy atom. The minimum Gasteiger partial charge on any atom is -0.308 e. The van der Waals surface area contributed by atoms with Crippen molar-refractivity contribution in [1.29, 1.82) is 0 Å². The van der Waals surface area contributed by atoms with Crippen molar-refractivity contribution in [3.63, 3.8) is 0 Å². The Kier molecular flexibility index (Phi) is 5.88. The van der Waals surface area contributed by atoms with Crippen LogP contribution in [-0.4, -0.2) is 0 Å². The van der Waals surface area contributed by atoms with Crippen molar-refractivity contribution in [3.05, 3.63) is 35.7 Å². The van der Waals surface area contributed by atoms with Crippen LogP contribution in [0.3, 0.4) is 0 Å². The highest BCUT2D eigenvalue weighted by atomic mass is 15.3. The molecule has 0 aromatic heterocycles. The molecule has 0 radical (unpaired) electrons. The molecule has 2 nitrogen and oxygen atoms in total. The Bertz CT molecular complexity index is 200. The first-order valence-electron chi connectivity index (χ1n) is 4.36. The molecule has 0 spiro atoms. The maximum atomic E-state index is 3.03. The van der Waals surface area contributed by atoms with Crippen LogP contribution >= 0.6 is 0 Å². The molecule has 12 heavy (non-hydrogen) atoms. The highest BCUT2D eigenvalue weighted by Gasteiger charge is 1.96. The van der Waals surface area contributed by atoms with Gasteiger partial charge in [0.1, 0.15) is 0 Å². The van der Waals surface area contributed by atoms with Crippen molar-refractivity contribution in [2.24, 2.45) is 0 Å². The normalized spacial score (nSPS) is 15.0. The molecule has 0 unspecified atom stereocenters. The van der Waals surface area contributed by atoms with E-state index in [0.717, 1.165) is 5.70 Å². The van der Waals surface area contributed by atoms with Crippen LogP contribution in [-0.2, 0) is 0 Å². The third-order valence-corrected chi connectivity index (χ3v) is 1.38. The molecular weight excluding hydrogens is 148 g/mol. The Morgan fingerprint density at radius 3 is 2.50 bits per heavy atom. The Hall–Kier alpha value is -1.18. The van der Waals surface area contributed by atoms with E-state index in [9.17, 15) is 0 Å². The van der Waals surface area contributed by atoms with Crippen LogP contribution in [0.1, 0.15) is 27.7 Å². The van der Waals surface area contributed by atoms with Gasteiger partial charge in [-0.3, -0.25) is 0 Å². The van der Waals surface area contributed by atoms with E-state index in [2.05, 4.69) is 17.8 Å². The molecule has 1 aliphatic rings. The Morgan fingerprint density at radius 1 is 1.33 bits per heavy atom. The van der Waals surface area contributed by atoms with Gasteiger partial charge in [0.2, 0.25) is 0 Å². The van der Waals surface area contributed by atoms with Gasteiger partial charge in [0.25, 0.3) is 0 Å².